The van der Waals surface area contributed by atoms with Gasteiger partial charge < -0.3 is 15.2 Å². The number of para-hydroxylation sites is 1. The maximum Gasteiger partial charge on any atom is 0.255 e. The third-order valence-corrected chi connectivity index (χ3v) is 3.09. The molecule has 2 rings (SSSR count). The molecule has 2 aromatic carbocycles. The van der Waals surface area contributed by atoms with Gasteiger partial charge in [0.05, 0.1) is 12.2 Å². The Balaban J connectivity index is 1.62. The molecule has 2 aromatic rings. The van der Waals surface area contributed by atoms with Gasteiger partial charge >= 0.3 is 0 Å². The van der Waals surface area contributed by atoms with Crippen molar-refractivity contribution in [2.75, 3.05) is 13.2 Å². The highest BCUT2D eigenvalue weighted by Crippen LogP contribution is 2.15. The van der Waals surface area contributed by atoms with E-state index in [4.69, 9.17) is 4.74 Å². The molecule has 0 aliphatic carbocycles. The number of aromatic hydroxyl groups is 1. The van der Waals surface area contributed by atoms with Crippen LogP contribution in [0.3, 0.4) is 0 Å². The largest absolute Gasteiger partial charge is 0.507 e. The summed E-state index contributed by atoms with van der Waals surface area (Å²) in [6.45, 7) is 0.998. The van der Waals surface area contributed by atoms with Crippen LogP contribution in [0, 0.1) is 5.82 Å². The van der Waals surface area contributed by atoms with Crippen LogP contribution in [0.25, 0.3) is 0 Å². The second-order valence-electron chi connectivity index (χ2n) is 4.78. The lowest BCUT2D eigenvalue weighted by Crippen LogP contribution is -2.24. The summed E-state index contributed by atoms with van der Waals surface area (Å²) in [6, 6.07) is 12.3. The van der Waals surface area contributed by atoms with Gasteiger partial charge in [-0.05, 0) is 49.2 Å². The van der Waals surface area contributed by atoms with E-state index < -0.39 is 0 Å². The predicted molar refractivity (Wildman–Crippen MR) is 81.6 cm³/mol. The molecule has 2 N–H and O–H groups in total. The summed E-state index contributed by atoms with van der Waals surface area (Å²) < 4.78 is 18.2. The monoisotopic (exact) mass is 303 g/mol. The molecule has 0 aliphatic rings. The highest BCUT2D eigenvalue weighted by Gasteiger charge is 2.08. The Morgan fingerprint density at radius 3 is 2.55 bits per heavy atom. The zero-order chi connectivity index (χ0) is 15.8. The first-order valence-corrected chi connectivity index (χ1v) is 7.11. The average molecular weight is 303 g/mol. The van der Waals surface area contributed by atoms with Gasteiger partial charge in [-0.25, -0.2) is 4.39 Å². The molecule has 0 atom stereocenters. The Morgan fingerprint density at radius 2 is 1.82 bits per heavy atom. The molecule has 0 bridgehead atoms. The van der Waals surface area contributed by atoms with Crippen LogP contribution in [-0.4, -0.2) is 24.2 Å². The van der Waals surface area contributed by atoms with Crippen molar-refractivity contribution in [1.29, 1.82) is 0 Å². The maximum absolute atomic E-state index is 12.7. The molecule has 0 unspecified atom stereocenters. The molecule has 4 nitrogen and oxygen atoms in total. The molecule has 0 saturated heterocycles. The van der Waals surface area contributed by atoms with Crippen molar-refractivity contribution in [2.24, 2.45) is 0 Å². The lowest BCUT2D eigenvalue weighted by atomic mass is 10.2. The lowest BCUT2D eigenvalue weighted by molar-refractivity contribution is 0.0949. The number of benzene rings is 2. The van der Waals surface area contributed by atoms with E-state index in [1.165, 1.54) is 18.2 Å². The number of phenolic OH excluding ortho intramolecular Hbond substituents is 1. The van der Waals surface area contributed by atoms with Crippen LogP contribution in [0.15, 0.2) is 48.5 Å². The summed E-state index contributed by atoms with van der Waals surface area (Å²) in [5.41, 5.74) is 0.269. The minimum absolute atomic E-state index is 0.0281. The van der Waals surface area contributed by atoms with E-state index in [2.05, 4.69) is 5.32 Å². The molecule has 0 radical (unpaired) electrons. The zero-order valence-corrected chi connectivity index (χ0v) is 12.1. The van der Waals surface area contributed by atoms with Gasteiger partial charge in [-0.3, -0.25) is 4.79 Å². The number of hydrogen-bond donors (Lipinski definition) is 2. The molecule has 1 amide bonds. The first-order chi connectivity index (χ1) is 10.7. The average Bonchev–Trinajstić information content (AvgIpc) is 2.52. The van der Waals surface area contributed by atoms with Crippen molar-refractivity contribution in [3.05, 3.63) is 59.9 Å². The van der Waals surface area contributed by atoms with E-state index in [0.717, 1.165) is 12.8 Å². The molecule has 0 fully saturated rings. The van der Waals surface area contributed by atoms with Crippen LogP contribution in [-0.2, 0) is 0 Å². The van der Waals surface area contributed by atoms with Gasteiger partial charge in [-0.2, -0.15) is 0 Å². The van der Waals surface area contributed by atoms with Gasteiger partial charge in [0.15, 0.2) is 0 Å². The standard InChI is InChI=1S/C17H18FNO3/c18-13-7-9-14(10-8-13)22-12-4-3-11-19-17(21)15-5-1-2-6-16(15)20/h1-2,5-10,20H,3-4,11-12H2,(H,19,21). The van der Waals surface area contributed by atoms with Crippen molar-refractivity contribution >= 4 is 5.91 Å². The molecule has 22 heavy (non-hydrogen) atoms. The van der Waals surface area contributed by atoms with Crippen molar-refractivity contribution in [3.8, 4) is 11.5 Å². The Bertz CT molecular complexity index is 614. The van der Waals surface area contributed by atoms with E-state index in [0.29, 0.717) is 18.9 Å². The van der Waals surface area contributed by atoms with Crippen molar-refractivity contribution in [2.45, 2.75) is 12.8 Å². The van der Waals surface area contributed by atoms with Crippen molar-refractivity contribution in [1.82, 2.24) is 5.32 Å². The number of carbonyl (C=O) groups is 1. The zero-order valence-electron chi connectivity index (χ0n) is 12.1. The second-order valence-corrected chi connectivity index (χ2v) is 4.78. The van der Waals surface area contributed by atoms with E-state index >= 15 is 0 Å². The van der Waals surface area contributed by atoms with Crippen molar-refractivity contribution < 1.29 is 19.0 Å². The van der Waals surface area contributed by atoms with Crippen LogP contribution in [0.5, 0.6) is 11.5 Å². The Labute approximate surface area is 128 Å². The Morgan fingerprint density at radius 1 is 1.09 bits per heavy atom. The number of halogens is 1. The highest BCUT2D eigenvalue weighted by atomic mass is 19.1. The van der Waals surface area contributed by atoms with E-state index in [-0.39, 0.29) is 23.0 Å². The number of unbranched alkanes of at least 4 members (excludes halogenated alkanes) is 1. The van der Waals surface area contributed by atoms with Crippen LogP contribution in [0.2, 0.25) is 0 Å². The minimum atomic E-state index is -0.294. The van der Waals surface area contributed by atoms with Gasteiger partial charge in [0.2, 0.25) is 0 Å². The summed E-state index contributed by atoms with van der Waals surface area (Å²) >= 11 is 0. The lowest BCUT2D eigenvalue weighted by Gasteiger charge is -2.08. The number of nitrogens with one attached hydrogen (secondary N) is 1. The van der Waals surface area contributed by atoms with E-state index in [9.17, 15) is 14.3 Å². The summed E-state index contributed by atoms with van der Waals surface area (Å²) in [5, 5.41) is 12.3. The molecule has 0 spiro atoms. The van der Waals surface area contributed by atoms with Crippen LogP contribution in [0.4, 0.5) is 4.39 Å². The number of amides is 1. The van der Waals surface area contributed by atoms with Crippen LogP contribution in [0.1, 0.15) is 23.2 Å². The smallest absolute Gasteiger partial charge is 0.255 e. The molecule has 0 aromatic heterocycles. The summed E-state index contributed by atoms with van der Waals surface area (Å²) in [7, 11) is 0. The van der Waals surface area contributed by atoms with Gasteiger partial charge in [0, 0.05) is 6.54 Å². The fourth-order valence-electron chi connectivity index (χ4n) is 1.91. The van der Waals surface area contributed by atoms with Gasteiger partial charge in [0.1, 0.15) is 17.3 Å². The number of carbonyl (C=O) groups excluding carboxylic acids is 1. The first kappa shape index (κ1) is 15.8. The van der Waals surface area contributed by atoms with Crippen LogP contribution < -0.4 is 10.1 Å². The minimum Gasteiger partial charge on any atom is -0.507 e. The quantitative estimate of drug-likeness (QED) is 0.773. The second kappa shape index (κ2) is 8.02. The topological polar surface area (TPSA) is 58.6 Å². The number of rotatable bonds is 7. The molecule has 5 heteroatoms. The molecule has 0 saturated carbocycles. The van der Waals surface area contributed by atoms with E-state index in [1.54, 1.807) is 30.3 Å². The van der Waals surface area contributed by atoms with E-state index in [1.807, 2.05) is 0 Å². The predicted octanol–water partition coefficient (Wildman–Crippen LogP) is 3.12. The summed E-state index contributed by atoms with van der Waals surface area (Å²) in [6.07, 6.45) is 1.51. The highest BCUT2D eigenvalue weighted by molar-refractivity contribution is 5.96. The molecule has 0 heterocycles. The summed E-state index contributed by atoms with van der Waals surface area (Å²) in [5.74, 6) is 0.0102. The molecule has 0 aliphatic heterocycles. The first-order valence-electron chi connectivity index (χ1n) is 7.11. The third-order valence-electron chi connectivity index (χ3n) is 3.09. The van der Waals surface area contributed by atoms with Crippen molar-refractivity contribution in [3.63, 3.8) is 0 Å². The molecular weight excluding hydrogens is 285 g/mol. The number of ether oxygens (including phenoxy) is 1. The SMILES string of the molecule is O=C(NCCCCOc1ccc(F)cc1)c1ccccc1O. The number of hydrogen-bond acceptors (Lipinski definition) is 3. The fourth-order valence-corrected chi connectivity index (χ4v) is 1.91. The third kappa shape index (κ3) is 4.77. The fraction of sp³-hybridized carbons (Fsp3) is 0.235. The van der Waals surface area contributed by atoms with Gasteiger partial charge in [0.25, 0.3) is 5.91 Å². The van der Waals surface area contributed by atoms with Gasteiger partial charge in [-0.1, -0.05) is 12.1 Å². The van der Waals surface area contributed by atoms with Gasteiger partial charge in [-0.15, -0.1) is 0 Å². The molecule has 116 valence electrons. The normalized spacial score (nSPS) is 10.2. The summed E-state index contributed by atoms with van der Waals surface area (Å²) in [4.78, 5) is 11.8. The Hall–Kier alpha value is -2.56. The molecular formula is C17H18FNO3. The number of phenols is 1. The maximum atomic E-state index is 12.7. The van der Waals surface area contributed by atoms with Crippen LogP contribution >= 0.6 is 0 Å². The Kier molecular flexibility index (Phi) is 5.77.